The van der Waals surface area contributed by atoms with Crippen molar-refractivity contribution in [1.82, 2.24) is 9.88 Å². The standard InChI is InChI=1S/C22H18IN3O/c1-16(17-6-3-2-4-7-17)25-22(27)18(15-24)14-21-8-5-13-26(21)20-11-9-19(23)10-12-20/h2-14,16H,1H3,(H,25,27)/b18-14-/t16-/m1/s1. The lowest BCUT2D eigenvalue weighted by molar-refractivity contribution is -0.117. The smallest absolute Gasteiger partial charge is 0.262 e. The van der Waals surface area contributed by atoms with Gasteiger partial charge in [0.2, 0.25) is 0 Å². The molecule has 0 radical (unpaired) electrons. The molecule has 0 fully saturated rings. The summed E-state index contributed by atoms with van der Waals surface area (Å²) >= 11 is 2.26. The van der Waals surface area contributed by atoms with Crippen molar-refractivity contribution >= 4 is 34.6 Å². The largest absolute Gasteiger partial charge is 0.345 e. The van der Waals surface area contributed by atoms with Crippen molar-refractivity contribution in [1.29, 1.82) is 5.26 Å². The van der Waals surface area contributed by atoms with Crippen LogP contribution in [-0.4, -0.2) is 10.5 Å². The van der Waals surface area contributed by atoms with Gasteiger partial charge in [-0.15, -0.1) is 0 Å². The summed E-state index contributed by atoms with van der Waals surface area (Å²) in [6, 6.07) is 23.3. The lowest BCUT2D eigenvalue weighted by atomic mass is 10.1. The summed E-state index contributed by atoms with van der Waals surface area (Å²) in [6.45, 7) is 1.90. The summed E-state index contributed by atoms with van der Waals surface area (Å²) < 4.78 is 3.09. The highest BCUT2D eigenvalue weighted by molar-refractivity contribution is 14.1. The van der Waals surface area contributed by atoms with Crippen molar-refractivity contribution in [3.8, 4) is 11.8 Å². The van der Waals surface area contributed by atoms with Gasteiger partial charge in [0.25, 0.3) is 5.91 Å². The van der Waals surface area contributed by atoms with Gasteiger partial charge in [0.15, 0.2) is 0 Å². The molecule has 0 saturated heterocycles. The second-order valence-electron chi connectivity index (χ2n) is 6.06. The molecule has 1 amide bonds. The number of carbonyl (C=O) groups is 1. The molecule has 5 heteroatoms. The van der Waals surface area contributed by atoms with Gasteiger partial charge in [0.1, 0.15) is 11.6 Å². The number of benzene rings is 2. The van der Waals surface area contributed by atoms with E-state index in [9.17, 15) is 10.1 Å². The number of nitrogens with one attached hydrogen (secondary N) is 1. The highest BCUT2D eigenvalue weighted by Crippen LogP contribution is 2.18. The Balaban J connectivity index is 1.83. The maximum atomic E-state index is 12.6. The van der Waals surface area contributed by atoms with E-state index in [2.05, 4.69) is 27.9 Å². The first kappa shape index (κ1) is 18.9. The number of nitrogens with zero attached hydrogens (tertiary/aromatic N) is 2. The average Bonchev–Trinajstić information content (AvgIpc) is 3.15. The summed E-state index contributed by atoms with van der Waals surface area (Å²) in [5.41, 5.74) is 2.81. The molecular weight excluding hydrogens is 449 g/mol. The Hall–Kier alpha value is -2.85. The van der Waals surface area contributed by atoms with E-state index in [1.54, 1.807) is 6.08 Å². The first-order valence-electron chi connectivity index (χ1n) is 8.49. The Bertz CT molecular complexity index is 998. The fraction of sp³-hybridized carbons (Fsp3) is 0.0909. The number of amides is 1. The second kappa shape index (κ2) is 8.69. The van der Waals surface area contributed by atoms with Crippen molar-refractivity contribution in [2.75, 3.05) is 0 Å². The van der Waals surface area contributed by atoms with E-state index >= 15 is 0 Å². The Morgan fingerprint density at radius 2 is 1.81 bits per heavy atom. The molecule has 0 spiro atoms. The topological polar surface area (TPSA) is 57.8 Å². The van der Waals surface area contributed by atoms with Gasteiger partial charge in [-0.3, -0.25) is 4.79 Å². The third kappa shape index (κ3) is 4.66. The van der Waals surface area contributed by atoms with Crippen LogP contribution in [0.4, 0.5) is 0 Å². The number of halogens is 1. The SMILES string of the molecule is C[C@@H](NC(=O)/C(C#N)=C\c1cccn1-c1ccc(I)cc1)c1ccccc1. The van der Waals surface area contributed by atoms with Gasteiger partial charge in [-0.05, 0) is 77.6 Å². The maximum Gasteiger partial charge on any atom is 0.262 e. The van der Waals surface area contributed by atoms with E-state index in [0.29, 0.717) is 0 Å². The number of carbonyl (C=O) groups excluding carboxylic acids is 1. The zero-order valence-electron chi connectivity index (χ0n) is 14.8. The third-order valence-electron chi connectivity index (χ3n) is 4.19. The molecule has 0 bridgehead atoms. The van der Waals surface area contributed by atoms with Crippen molar-refractivity contribution in [2.45, 2.75) is 13.0 Å². The van der Waals surface area contributed by atoms with Gasteiger partial charge < -0.3 is 9.88 Å². The predicted octanol–water partition coefficient (Wildman–Crippen LogP) is 4.87. The van der Waals surface area contributed by atoms with E-state index in [0.717, 1.165) is 20.5 Å². The molecule has 0 aliphatic rings. The zero-order chi connectivity index (χ0) is 19.2. The van der Waals surface area contributed by atoms with Crippen molar-refractivity contribution in [2.24, 2.45) is 0 Å². The van der Waals surface area contributed by atoms with Crippen LogP contribution in [-0.2, 0) is 4.79 Å². The maximum absolute atomic E-state index is 12.6. The minimum absolute atomic E-state index is 0.0724. The number of rotatable bonds is 5. The van der Waals surface area contributed by atoms with Crippen LogP contribution in [0.3, 0.4) is 0 Å². The van der Waals surface area contributed by atoms with Gasteiger partial charge in [-0.1, -0.05) is 30.3 Å². The van der Waals surface area contributed by atoms with Crippen LogP contribution >= 0.6 is 22.6 Å². The summed E-state index contributed by atoms with van der Waals surface area (Å²) in [4.78, 5) is 12.6. The molecule has 134 valence electrons. The summed E-state index contributed by atoms with van der Waals surface area (Å²) in [7, 11) is 0. The van der Waals surface area contributed by atoms with Crippen molar-refractivity contribution < 1.29 is 4.79 Å². The van der Waals surface area contributed by atoms with Gasteiger partial charge in [0, 0.05) is 21.1 Å². The molecule has 1 aromatic heterocycles. The molecular formula is C22H18IN3O. The van der Waals surface area contributed by atoms with Crippen LogP contribution in [0.5, 0.6) is 0 Å². The Morgan fingerprint density at radius 3 is 2.48 bits per heavy atom. The molecule has 1 N–H and O–H groups in total. The lowest BCUT2D eigenvalue weighted by Gasteiger charge is -2.14. The molecule has 0 unspecified atom stereocenters. The highest BCUT2D eigenvalue weighted by Gasteiger charge is 2.14. The monoisotopic (exact) mass is 467 g/mol. The van der Waals surface area contributed by atoms with Crippen LogP contribution in [0.25, 0.3) is 11.8 Å². The summed E-state index contributed by atoms with van der Waals surface area (Å²) in [6.07, 6.45) is 3.53. The molecule has 1 atom stereocenters. The average molecular weight is 467 g/mol. The van der Waals surface area contributed by atoms with Crippen molar-refractivity contribution in [3.63, 3.8) is 0 Å². The molecule has 1 heterocycles. The van der Waals surface area contributed by atoms with Crippen LogP contribution < -0.4 is 5.32 Å². The summed E-state index contributed by atoms with van der Waals surface area (Å²) in [5, 5.41) is 12.4. The Morgan fingerprint density at radius 1 is 1.11 bits per heavy atom. The third-order valence-corrected chi connectivity index (χ3v) is 4.91. The summed E-state index contributed by atoms with van der Waals surface area (Å²) in [5.74, 6) is -0.385. The molecule has 3 aromatic rings. The first-order valence-corrected chi connectivity index (χ1v) is 9.57. The van der Waals surface area contributed by atoms with E-state index in [-0.39, 0.29) is 17.5 Å². The van der Waals surface area contributed by atoms with Crippen LogP contribution in [0.1, 0.15) is 24.2 Å². The molecule has 27 heavy (non-hydrogen) atoms. The fourth-order valence-corrected chi connectivity index (χ4v) is 3.10. The molecule has 4 nitrogen and oxygen atoms in total. The normalized spacial score (nSPS) is 12.3. The van der Waals surface area contributed by atoms with Gasteiger partial charge in [-0.25, -0.2) is 0 Å². The van der Waals surface area contributed by atoms with Crippen molar-refractivity contribution in [3.05, 3.63) is 93.3 Å². The Labute approximate surface area is 172 Å². The first-order chi connectivity index (χ1) is 13.1. The number of hydrogen-bond donors (Lipinski definition) is 1. The Kier molecular flexibility index (Phi) is 6.09. The molecule has 2 aromatic carbocycles. The molecule has 0 aliphatic heterocycles. The van der Waals surface area contributed by atoms with E-state index in [1.165, 1.54) is 0 Å². The highest BCUT2D eigenvalue weighted by atomic mass is 127. The van der Waals surface area contributed by atoms with Gasteiger partial charge >= 0.3 is 0 Å². The molecule has 0 saturated carbocycles. The zero-order valence-corrected chi connectivity index (χ0v) is 16.9. The fourth-order valence-electron chi connectivity index (χ4n) is 2.74. The number of hydrogen-bond acceptors (Lipinski definition) is 2. The van der Waals surface area contributed by atoms with E-state index in [1.807, 2.05) is 90.5 Å². The van der Waals surface area contributed by atoms with Crippen LogP contribution in [0.2, 0.25) is 0 Å². The minimum atomic E-state index is -0.385. The molecule has 0 aliphatic carbocycles. The van der Waals surface area contributed by atoms with Crippen LogP contribution in [0.15, 0.2) is 78.5 Å². The van der Waals surface area contributed by atoms with E-state index in [4.69, 9.17) is 0 Å². The minimum Gasteiger partial charge on any atom is -0.345 e. The van der Waals surface area contributed by atoms with E-state index < -0.39 is 0 Å². The lowest BCUT2D eigenvalue weighted by Crippen LogP contribution is -2.27. The number of nitriles is 1. The number of aromatic nitrogens is 1. The van der Waals surface area contributed by atoms with Gasteiger partial charge in [0.05, 0.1) is 6.04 Å². The predicted molar refractivity (Wildman–Crippen MR) is 115 cm³/mol. The second-order valence-corrected chi connectivity index (χ2v) is 7.30. The molecule has 3 rings (SSSR count). The quantitative estimate of drug-likeness (QED) is 0.331. The van der Waals surface area contributed by atoms with Crippen LogP contribution in [0, 0.1) is 14.9 Å². The van der Waals surface area contributed by atoms with Gasteiger partial charge in [-0.2, -0.15) is 5.26 Å².